The Morgan fingerprint density at radius 1 is 0.857 bits per heavy atom. The van der Waals surface area contributed by atoms with Crippen molar-refractivity contribution in [1.82, 2.24) is 14.9 Å². The van der Waals surface area contributed by atoms with Gasteiger partial charge in [-0.15, -0.1) is 0 Å². The van der Waals surface area contributed by atoms with Gasteiger partial charge in [-0.25, -0.2) is 4.79 Å². The van der Waals surface area contributed by atoms with Crippen LogP contribution in [0, 0.1) is 0 Å². The highest BCUT2D eigenvalue weighted by Crippen LogP contribution is 2.37. The second-order valence-corrected chi connectivity index (χ2v) is 8.68. The summed E-state index contributed by atoms with van der Waals surface area (Å²) in [5, 5.41) is 14.5. The SMILES string of the molecule is O=c1ccn([C@@H]2CC(O)[C@H](CNC(c3ccccc3)(c3ccccc3)c3ccccc3)O2)c(=O)[nH]1. The third-order valence-corrected chi connectivity index (χ3v) is 6.55. The van der Waals surface area contributed by atoms with E-state index in [0.717, 1.165) is 16.7 Å². The molecule has 1 saturated heterocycles. The minimum absolute atomic E-state index is 0.243. The quantitative estimate of drug-likeness (QED) is 0.362. The minimum atomic E-state index is -0.786. The Labute approximate surface area is 202 Å². The number of ether oxygens (including phenoxy) is 1. The lowest BCUT2D eigenvalue weighted by atomic mass is 9.77. The van der Waals surface area contributed by atoms with E-state index in [1.807, 2.05) is 54.6 Å². The van der Waals surface area contributed by atoms with Crippen LogP contribution in [0.4, 0.5) is 0 Å². The van der Waals surface area contributed by atoms with E-state index in [1.54, 1.807) is 0 Å². The molecule has 35 heavy (non-hydrogen) atoms. The fourth-order valence-corrected chi connectivity index (χ4v) is 4.85. The van der Waals surface area contributed by atoms with Crippen molar-refractivity contribution in [3.8, 4) is 0 Å². The van der Waals surface area contributed by atoms with Crippen LogP contribution >= 0.6 is 0 Å². The third-order valence-electron chi connectivity index (χ3n) is 6.55. The molecule has 7 nitrogen and oxygen atoms in total. The molecule has 0 spiro atoms. The van der Waals surface area contributed by atoms with Crippen molar-refractivity contribution in [3.63, 3.8) is 0 Å². The van der Waals surface area contributed by atoms with E-state index in [-0.39, 0.29) is 6.42 Å². The van der Waals surface area contributed by atoms with Crippen LogP contribution in [0.15, 0.2) is 113 Å². The van der Waals surface area contributed by atoms with Gasteiger partial charge in [0.25, 0.3) is 5.56 Å². The zero-order chi connectivity index (χ0) is 24.3. The van der Waals surface area contributed by atoms with Gasteiger partial charge in [0, 0.05) is 25.2 Å². The Balaban J connectivity index is 1.50. The Morgan fingerprint density at radius 3 is 1.86 bits per heavy atom. The van der Waals surface area contributed by atoms with Crippen LogP contribution in [0.1, 0.15) is 29.3 Å². The molecule has 178 valence electrons. The molecule has 4 aromatic rings. The lowest BCUT2D eigenvalue weighted by molar-refractivity contribution is -0.0212. The monoisotopic (exact) mass is 469 g/mol. The molecular weight excluding hydrogens is 442 g/mol. The molecule has 0 aliphatic carbocycles. The number of rotatable bonds is 7. The van der Waals surface area contributed by atoms with Crippen LogP contribution in [0.5, 0.6) is 0 Å². The first-order valence-corrected chi connectivity index (χ1v) is 11.6. The van der Waals surface area contributed by atoms with E-state index in [1.165, 1.54) is 16.8 Å². The highest BCUT2D eigenvalue weighted by atomic mass is 16.5. The van der Waals surface area contributed by atoms with E-state index in [2.05, 4.69) is 46.7 Å². The predicted molar refractivity (Wildman–Crippen MR) is 133 cm³/mol. The van der Waals surface area contributed by atoms with Gasteiger partial charge in [-0.05, 0) is 16.7 Å². The van der Waals surface area contributed by atoms with Crippen molar-refractivity contribution in [3.05, 3.63) is 141 Å². The standard InChI is InChI=1S/C28H27N3O4/c32-23-18-26(31-17-16-25(33)30-27(31)34)35-24(23)19-29-28(20-10-4-1-5-11-20,21-12-6-2-7-13-21)22-14-8-3-9-15-22/h1-17,23-24,26,29,32H,18-19H2,(H,30,33,34)/t23?,24-,26-/m0/s1. The fraction of sp³-hybridized carbons (Fsp3) is 0.214. The molecule has 0 amide bonds. The van der Waals surface area contributed by atoms with Gasteiger partial charge in [0.2, 0.25) is 0 Å². The Kier molecular flexibility index (Phi) is 6.46. The van der Waals surface area contributed by atoms with Gasteiger partial charge in [0.15, 0.2) is 0 Å². The number of aromatic amines is 1. The highest BCUT2D eigenvalue weighted by Gasteiger charge is 2.40. The van der Waals surface area contributed by atoms with Gasteiger partial charge in [0.05, 0.1) is 17.7 Å². The average Bonchev–Trinajstić information content (AvgIpc) is 3.26. The minimum Gasteiger partial charge on any atom is -0.390 e. The maximum Gasteiger partial charge on any atom is 0.330 e. The predicted octanol–water partition coefficient (Wildman–Crippen LogP) is 2.77. The Bertz CT molecular complexity index is 1270. The summed E-state index contributed by atoms with van der Waals surface area (Å²) in [5.74, 6) is 0. The maximum absolute atomic E-state index is 12.2. The number of benzene rings is 3. The highest BCUT2D eigenvalue weighted by molar-refractivity contribution is 5.49. The summed E-state index contributed by atoms with van der Waals surface area (Å²) in [6, 6.07) is 31.8. The molecule has 2 heterocycles. The van der Waals surface area contributed by atoms with Crippen LogP contribution in [0.25, 0.3) is 0 Å². The van der Waals surface area contributed by atoms with E-state index < -0.39 is 35.2 Å². The van der Waals surface area contributed by atoms with Gasteiger partial charge in [0.1, 0.15) is 6.23 Å². The van der Waals surface area contributed by atoms with Gasteiger partial charge >= 0.3 is 5.69 Å². The zero-order valence-electron chi connectivity index (χ0n) is 19.1. The number of aliphatic hydroxyl groups excluding tert-OH is 1. The van der Waals surface area contributed by atoms with E-state index in [9.17, 15) is 14.7 Å². The van der Waals surface area contributed by atoms with Crippen LogP contribution < -0.4 is 16.6 Å². The fourth-order valence-electron chi connectivity index (χ4n) is 4.85. The van der Waals surface area contributed by atoms with E-state index >= 15 is 0 Å². The van der Waals surface area contributed by atoms with Gasteiger partial charge in [-0.3, -0.25) is 19.7 Å². The maximum atomic E-state index is 12.2. The Morgan fingerprint density at radius 2 is 1.37 bits per heavy atom. The molecule has 3 N–H and O–H groups in total. The number of nitrogens with zero attached hydrogens (tertiary/aromatic N) is 1. The van der Waals surface area contributed by atoms with Crippen molar-refractivity contribution < 1.29 is 9.84 Å². The lowest BCUT2D eigenvalue weighted by Crippen LogP contribution is -2.49. The largest absolute Gasteiger partial charge is 0.390 e. The molecule has 3 atom stereocenters. The smallest absolute Gasteiger partial charge is 0.330 e. The van der Waals surface area contributed by atoms with Crippen LogP contribution in [-0.2, 0) is 10.3 Å². The van der Waals surface area contributed by atoms with Crippen molar-refractivity contribution in [2.45, 2.75) is 30.4 Å². The van der Waals surface area contributed by atoms with Crippen molar-refractivity contribution in [1.29, 1.82) is 0 Å². The summed E-state index contributed by atoms with van der Waals surface area (Å²) in [5.41, 5.74) is 1.44. The molecule has 1 aliphatic rings. The summed E-state index contributed by atoms with van der Waals surface area (Å²) < 4.78 is 7.42. The lowest BCUT2D eigenvalue weighted by Gasteiger charge is -2.38. The number of aliphatic hydroxyl groups is 1. The molecule has 1 fully saturated rings. The summed E-state index contributed by atoms with van der Waals surface area (Å²) in [7, 11) is 0. The van der Waals surface area contributed by atoms with Crippen molar-refractivity contribution >= 4 is 0 Å². The molecule has 7 heteroatoms. The molecule has 1 unspecified atom stereocenters. The van der Waals surface area contributed by atoms with E-state index in [0.29, 0.717) is 6.54 Å². The zero-order valence-corrected chi connectivity index (χ0v) is 19.1. The van der Waals surface area contributed by atoms with Crippen molar-refractivity contribution in [2.24, 2.45) is 0 Å². The number of nitrogens with one attached hydrogen (secondary N) is 2. The van der Waals surface area contributed by atoms with Crippen molar-refractivity contribution in [2.75, 3.05) is 6.54 Å². The van der Waals surface area contributed by atoms with Gasteiger partial charge in [-0.2, -0.15) is 0 Å². The molecule has 3 aromatic carbocycles. The molecule has 0 saturated carbocycles. The third kappa shape index (κ3) is 4.49. The molecule has 5 rings (SSSR count). The first-order chi connectivity index (χ1) is 17.1. The van der Waals surface area contributed by atoms with E-state index in [4.69, 9.17) is 4.74 Å². The normalized spacial score (nSPS) is 20.1. The Hall–Kier alpha value is -3.78. The average molecular weight is 470 g/mol. The summed E-state index contributed by atoms with van der Waals surface area (Å²) in [4.78, 5) is 25.9. The van der Waals surface area contributed by atoms with Gasteiger partial charge < -0.3 is 9.84 Å². The molecule has 1 aliphatic heterocycles. The second kappa shape index (κ2) is 9.84. The first-order valence-electron chi connectivity index (χ1n) is 11.6. The van der Waals surface area contributed by atoms with Crippen LogP contribution in [0.3, 0.4) is 0 Å². The molecular formula is C28H27N3O4. The number of hydrogen-bond acceptors (Lipinski definition) is 5. The number of H-pyrrole nitrogens is 1. The van der Waals surface area contributed by atoms with Gasteiger partial charge in [-0.1, -0.05) is 91.0 Å². The summed E-state index contributed by atoms with van der Waals surface area (Å²) in [6.45, 7) is 0.328. The molecule has 1 aromatic heterocycles. The second-order valence-electron chi connectivity index (χ2n) is 8.68. The topological polar surface area (TPSA) is 96.3 Å². The number of hydrogen-bond donors (Lipinski definition) is 3. The number of aromatic nitrogens is 2. The molecule has 0 bridgehead atoms. The van der Waals surface area contributed by atoms with Crippen LogP contribution in [-0.4, -0.2) is 33.4 Å². The summed E-state index contributed by atoms with van der Waals surface area (Å²) in [6.07, 6.45) is -0.370. The first kappa shape index (κ1) is 23.0. The molecule has 0 radical (unpaired) electrons. The van der Waals surface area contributed by atoms with Crippen LogP contribution in [0.2, 0.25) is 0 Å². The summed E-state index contributed by atoms with van der Waals surface area (Å²) >= 11 is 0.